The van der Waals surface area contributed by atoms with Gasteiger partial charge in [0.1, 0.15) is 11.4 Å². The van der Waals surface area contributed by atoms with Crippen LogP contribution in [0.5, 0.6) is 5.75 Å². The second-order valence-electron chi connectivity index (χ2n) is 6.67. The monoisotopic (exact) mass is 500 g/mol. The lowest BCUT2D eigenvalue weighted by molar-refractivity contribution is -0.192. The van der Waals surface area contributed by atoms with Crippen LogP contribution in [0.2, 0.25) is 0 Å². The fourth-order valence-corrected chi connectivity index (χ4v) is 3.55. The smallest absolute Gasteiger partial charge is 0.490 e. The Bertz CT molecular complexity index is 1050. The molecule has 0 aliphatic carbocycles. The molecule has 0 saturated carbocycles. The minimum Gasteiger partial charge on any atom is -0.497 e. The highest BCUT2D eigenvalue weighted by atomic mass is 79.9. The minimum atomic E-state index is -5.08. The number of aliphatic carboxylic acids is 1. The van der Waals surface area contributed by atoms with E-state index in [2.05, 4.69) is 54.3 Å². The fourth-order valence-electron chi connectivity index (χ4n) is 3.22. The van der Waals surface area contributed by atoms with Gasteiger partial charge in [0.05, 0.1) is 18.5 Å². The molecular formula is C20H20BrF3N4O3. The van der Waals surface area contributed by atoms with Gasteiger partial charge in [-0.25, -0.2) is 9.78 Å². The maximum absolute atomic E-state index is 10.6. The zero-order chi connectivity index (χ0) is 22.6. The molecule has 31 heavy (non-hydrogen) atoms. The number of methoxy groups -OCH3 is 1. The predicted octanol–water partition coefficient (Wildman–Crippen LogP) is 4.04. The van der Waals surface area contributed by atoms with Crippen molar-refractivity contribution in [2.45, 2.75) is 6.18 Å². The van der Waals surface area contributed by atoms with Crippen molar-refractivity contribution in [3.8, 4) is 17.0 Å². The number of H-pyrrole nitrogens is 1. The quantitative estimate of drug-likeness (QED) is 0.502. The maximum atomic E-state index is 10.6. The Morgan fingerprint density at radius 2 is 1.84 bits per heavy atom. The van der Waals surface area contributed by atoms with Gasteiger partial charge in [0.2, 0.25) is 0 Å². The number of carboxylic acids is 1. The van der Waals surface area contributed by atoms with Crippen LogP contribution >= 0.6 is 15.9 Å². The summed E-state index contributed by atoms with van der Waals surface area (Å²) in [6, 6.07) is 10.3. The minimum absolute atomic E-state index is 0.861. The van der Waals surface area contributed by atoms with Gasteiger partial charge >= 0.3 is 12.1 Å². The molecule has 1 aromatic carbocycles. The normalized spacial score (nSPS) is 14.2. The van der Waals surface area contributed by atoms with E-state index in [4.69, 9.17) is 14.6 Å². The number of ether oxygens (including phenoxy) is 1. The molecule has 1 aliphatic rings. The van der Waals surface area contributed by atoms with Crippen LogP contribution in [0.4, 0.5) is 18.9 Å². The predicted molar refractivity (Wildman–Crippen MR) is 115 cm³/mol. The van der Waals surface area contributed by atoms with Crippen LogP contribution < -0.4 is 15.0 Å². The molecule has 2 aromatic heterocycles. The average Bonchev–Trinajstić information content (AvgIpc) is 3.12. The van der Waals surface area contributed by atoms with Crippen molar-refractivity contribution in [2.75, 3.05) is 38.2 Å². The summed E-state index contributed by atoms with van der Waals surface area (Å²) in [5, 5.41) is 11.7. The second-order valence-corrected chi connectivity index (χ2v) is 7.58. The number of aromatic amines is 1. The van der Waals surface area contributed by atoms with Crippen LogP contribution in [-0.4, -0.2) is 60.5 Å². The van der Waals surface area contributed by atoms with E-state index in [1.165, 1.54) is 5.69 Å². The summed E-state index contributed by atoms with van der Waals surface area (Å²) in [5.41, 5.74) is 4.39. The van der Waals surface area contributed by atoms with Gasteiger partial charge in [0.25, 0.3) is 0 Å². The molecule has 0 spiro atoms. The average molecular weight is 501 g/mol. The highest BCUT2D eigenvalue weighted by Gasteiger charge is 2.38. The standard InChI is InChI=1S/C18H19BrN4O.C2HF3O2/c1-24-14-4-2-12(3-5-14)16-17(23-8-6-20-7-9-23)15-10-13(19)11-21-18(15)22-16;3-2(4,5)1(6)7/h2-5,10-11,20H,6-9H2,1H3,(H,21,22);(H,6,7). The van der Waals surface area contributed by atoms with E-state index in [1.54, 1.807) is 7.11 Å². The second kappa shape index (κ2) is 9.56. The lowest BCUT2D eigenvalue weighted by atomic mass is 10.1. The first kappa shape index (κ1) is 22.9. The molecule has 1 fully saturated rings. The fraction of sp³-hybridized carbons (Fsp3) is 0.300. The number of carboxylic acid groups (broad SMARTS) is 1. The Labute approximate surface area is 184 Å². The molecule has 3 heterocycles. The molecule has 3 aromatic rings. The molecule has 11 heteroatoms. The molecule has 166 valence electrons. The van der Waals surface area contributed by atoms with Crippen molar-refractivity contribution in [1.29, 1.82) is 0 Å². The van der Waals surface area contributed by atoms with Crippen LogP contribution in [0.3, 0.4) is 0 Å². The Morgan fingerprint density at radius 1 is 1.23 bits per heavy atom. The number of nitrogens with zero attached hydrogens (tertiary/aromatic N) is 2. The van der Waals surface area contributed by atoms with Gasteiger partial charge < -0.3 is 25.0 Å². The Kier molecular flexibility index (Phi) is 7.06. The Morgan fingerprint density at radius 3 is 2.39 bits per heavy atom. The van der Waals surface area contributed by atoms with E-state index in [0.717, 1.165) is 58.7 Å². The summed E-state index contributed by atoms with van der Waals surface area (Å²) in [7, 11) is 1.69. The largest absolute Gasteiger partial charge is 0.497 e. The lowest BCUT2D eigenvalue weighted by Gasteiger charge is -2.30. The molecule has 1 aliphatic heterocycles. The number of benzene rings is 1. The molecule has 4 rings (SSSR count). The van der Waals surface area contributed by atoms with Crippen LogP contribution in [0.1, 0.15) is 0 Å². The number of halogens is 4. The number of hydrogen-bond acceptors (Lipinski definition) is 5. The van der Waals surface area contributed by atoms with E-state index >= 15 is 0 Å². The van der Waals surface area contributed by atoms with E-state index in [9.17, 15) is 13.2 Å². The molecule has 0 radical (unpaired) electrons. The van der Waals surface area contributed by atoms with E-state index in [0.29, 0.717) is 0 Å². The van der Waals surface area contributed by atoms with E-state index < -0.39 is 12.1 Å². The van der Waals surface area contributed by atoms with Gasteiger partial charge in [-0.15, -0.1) is 0 Å². The van der Waals surface area contributed by atoms with Crippen LogP contribution in [0, 0.1) is 0 Å². The number of anilines is 1. The van der Waals surface area contributed by atoms with Crippen molar-refractivity contribution in [3.63, 3.8) is 0 Å². The zero-order valence-corrected chi connectivity index (χ0v) is 18.0. The summed E-state index contributed by atoms with van der Waals surface area (Å²) in [6.45, 7) is 3.97. The van der Waals surface area contributed by atoms with Gasteiger partial charge in [-0.3, -0.25) is 0 Å². The number of fused-ring (bicyclic) bond motifs is 1. The number of pyridine rings is 1. The molecular weight excluding hydrogens is 481 g/mol. The highest BCUT2D eigenvalue weighted by Crippen LogP contribution is 2.38. The number of piperazine rings is 1. The summed E-state index contributed by atoms with van der Waals surface area (Å²) in [4.78, 5) is 19.4. The topological polar surface area (TPSA) is 90.5 Å². The van der Waals surface area contributed by atoms with Crippen LogP contribution in [0.25, 0.3) is 22.3 Å². The van der Waals surface area contributed by atoms with Crippen LogP contribution in [0.15, 0.2) is 41.0 Å². The van der Waals surface area contributed by atoms with Gasteiger partial charge in [0.15, 0.2) is 0 Å². The van der Waals surface area contributed by atoms with Crippen molar-refractivity contribution in [1.82, 2.24) is 15.3 Å². The van der Waals surface area contributed by atoms with Crippen molar-refractivity contribution < 1.29 is 27.8 Å². The van der Waals surface area contributed by atoms with Gasteiger partial charge in [0, 0.05) is 47.8 Å². The van der Waals surface area contributed by atoms with E-state index in [1.807, 2.05) is 18.3 Å². The third-order valence-corrected chi connectivity index (χ3v) is 5.08. The first-order valence-corrected chi connectivity index (χ1v) is 10.1. The van der Waals surface area contributed by atoms with Gasteiger partial charge in [-0.05, 0) is 46.3 Å². The maximum Gasteiger partial charge on any atom is 0.490 e. The molecule has 7 nitrogen and oxygen atoms in total. The third kappa shape index (κ3) is 5.47. The number of hydrogen-bond donors (Lipinski definition) is 3. The van der Waals surface area contributed by atoms with Crippen molar-refractivity contribution in [3.05, 3.63) is 41.0 Å². The van der Waals surface area contributed by atoms with E-state index in [-0.39, 0.29) is 0 Å². The first-order chi connectivity index (χ1) is 14.7. The molecule has 1 saturated heterocycles. The van der Waals surface area contributed by atoms with Gasteiger partial charge in [-0.2, -0.15) is 13.2 Å². The highest BCUT2D eigenvalue weighted by molar-refractivity contribution is 9.10. The molecule has 0 amide bonds. The molecule has 0 atom stereocenters. The van der Waals surface area contributed by atoms with Crippen molar-refractivity contribution in [2.24, 2.45) is 0 Å². The third-order valence-electron chi connectivity index (χ3n) is 4.64. The summed E-state index contributed by atoms with van der Waals surface area (Å²) >= 11 is 3.55. The number of alkyl halides is 3. The summed E-state index contributed by atoms with van der Waals surface area (Å²) in [6.07, 6.45) is -3.25. The Balaban J connectivity index is 0.000000339. The summed E-state index contributed by atoms with van der Waals surface area (Å²) in [5.74, 6) is -1.90. The molecule has 0 bridgehead atoms. The summed E-state index contributed by atoms with van der Waals surface area (Å²) < 4.78 is 38.0. The SMILES string of the molecule is COc1ccc(-c2[nH]c3ncc(Br)cc3c2N2CCNCC2)cc1.O=C(O)C(F)(F)F. The first-order valence-electron chi connectivity index (χ1n) is 9.28. The number of aromatic nitrogens is 2. The molecule has 3 N–H and O–H groups in total. The van der Waals surface area contributed by atoms with Gasteiger partial charge in [-0.1, -0.05) is 0 Å². The lowest BCUT2D eigenvalue weighted by Crippen LogP contribution is -2.43. The molecule has 0 unspecified atom stereocenters. The zero-order valence-electron chi connectivity index (χ0n) is 16.5. The van der Waals surface area contributed by atoms with Crippen LogP contribution in [-0.2, 0) is 4.79 Å². The number of rotatable bonds is 3. The van der Waals surface area contributed by atoms with Crippen molar-refractivity contribution >= 4 is 38.6 Å². The number of nitrogens with one attached hydrogen (secondary N) is 2. The number of carbonyl (C=O) groups is 1. The Hall–Kier alpha value is -2.79.